The van der Waals surface area contributed by atoms with Gasteiger partial charge >= 0.3 is 0 Å². The fourth-order valence-corrected chi connectivity index (χ4v) is 2.74. The lowest BCUT2D eigenvalue weighted by molar-refractivity contribution is 1.05. The number of benzene rings is 1. The second-order valence-corrected chi connectivity index (χ2v) is 4.98. The van der Waals surface area contributed by atoms with E-state index in [0.29, 0.717) is 10.5 Å². The summed E-state index contributed by atoms with van der Waals surface area (Å²) in [5.41, 5.74) is 2.59. The van der Waals surface area contributed by atoms with Crippen molar-refractivity contribution in [2.24, 2.45) is 0 Å². The molecule has 0 atom stereocenters. The van der Waals surface area contributed by atoms with Crippen molar-refractivity contribution in [3.63, 3.8) is 0 Å². The molecule has 0 spiro atoms. The molecule has 70 valence electrons. The Morgan fingerprint density at radius 2 is 2.36 bits per heavy atom. The molecule has 0 fully saturated rings. The van der Waals surface area contributed by atoms with Crippen LogP contribution in [0.15, 0.2) is 12.3 Å². The van der Waals surface area contributed by atoms with Gasteiger partial charge in [0.1, 0.15) is 7.85 Å². The maximum Gasteiger partial charge on any atom is 0.116 e. The Hall–Kier alpha value is 0.125. The lowest BCUT2D eigenvalue weighted by Crippen LogP contribution is -2.06. The highest BCUT2D eigenvalue weighted by Crippen LogP contribution is 2.25. The molecule has 0 saturated heterocycles. The summed E-state index contributed by atoms with van der Waals surface area (Å²) in [5, 5.41) is 5.72. The van der Waals surface area contributed by atoms with Crippen LogP contribution in [0.4, 0.5) is 0 Å². The Kier molecular flexibility index (Phi) is 2.99. The fraction of sp³-hybridized carbons (Fsp3) is 0.125. The van der Waals surface area contributed by atoms with Crippen LogP contribution in [-0.2, 0) is 0 Å². The van der Waals surface area contributed by atoms with Crippen molar-refractivity contribution in [1.82, 2.24) is 9.19 Å². The van der Waals surface area contributed by atoms with Crippen LogP contribution in [0, 0.1) is 6.92 Å². The zero-order valence-corrected chi connectivity index (χ0v) is 11.0. The first kappa shape index (κ1) is 10.6. The van der Waals surface area contributed by atoms with Gasteiger partial charge in [-0.15, -0.1) is 0 Å². The average molecular weight is 334 g/mol. The van der Waals surface area contributed by atoms with Crippen LogP contribution >= 0.6 is 41.9 Å². The molecule has 0 bridgehead atoms. The molecule has 14 heavy (non-hydrogen) atoms. The molecule has 6 heteroatoms. The van der Waals surface area contributed by atoms with Gasteiger partial charge in [0.05, 0.1) is 11.7 Å². The summed E-state index contributed by atoms with van der Waals surface area (Å²) in [6.45, 7) is 1.94. The molecule has 0 saturated carbocycles. The molecule has 0 aliphatic heterocycles. The van der Waals surface area contributed by atoms with Crippen molar-refractivity contribution >= 4 is 66.1 Å². The zero-order valence-electron chi connectivity index (χ0n) is 7.29. The normalized spacial score (nSPS) is 11.1. The van der Waals surface area contributed by atoms with Crippen molar-refractivity contribution in [2.45, 2.75) is 6.92 Å². The highest BCUT2D eigenvalue weighted by atomic mass is 127. The van der Waals surface area contributed by atoms with Gasteiger partial charge in [-0.3, -0.25) is 0 Å². The number of nitrogens with zero attached hydrogens (tertiary/aromatic N) is 2. The number of halogens is 2. The number of hydrogen-bond acceptors (Lipinski definition) is 2. The van der Waals surface area contributed by atoms with Gasteiger partial charge in [0.15, 0.2) is 0 Å². The van der Waals surface area contributed by atoms with E-state index < -0.39 is 0 Å². The smallest absolute Gasteiger partial charge is 0.116 e. The van der Waals surface area contributed by atoms with Gasteiger partial charge < -0.3 is 0 Å². The fourth-order valence-electron chi connectivity index (χ4n) is 1.34. The Labute approximate surface area is 105 Å². The van der Waals surface area contributed by atoms with E-state index in [4.69, 9.17) is 19.4 Å². The van der Waals surface area contributed by atoms with E-state index in [1.54, 1.807) is 6.20 Å². The van der Waals surface area contributed by atoms with Crippen LogP contribution in [-0.4, -0.2) is 17.0 Å². The SMILES string of the molecule is [B]c1c(Cl)c(C)cc2c1cnn2SI. The monoisotopic (exact) mass is 334 g/mol. The minimum atomic E-state index is 0.610. The molecule has 1 aromatic heterocycles. The molecule has 1 aromatic carbocycles. The molecule has 0 aliphatic rings. The van der Waals surface area contributed by atoms with Crippen LogP contribution in [0.25, 0.3) is 10.9 Å². The summed E-state index contributed by atoms with van der Waals surface area (Å²) in [5.74, 6) is 0. The summed E-state index contributed by atoms with van der Waals surface area (Å²) < 4.78 is 1.82. The van der Waals surface area contributed by atoms with Gasteiger partial charge in [-0.2, -0.15) is 9.19 Å². The quantitative estimate of drug-likeness (QED) is 0.589. The maximum absolute atomic E-state index is 6.04. The lowest BCUT2D eigenvalue weighted by atomic mass is 9.91. The Bertz CT molecular complexity index is 500. The minimum Gasteiger partial charge on any atom is -0.196 e. The topological polar surface area (TPSA) is 17.8 Å². The van der Waals surface area contributed by atoms with Crippen molar-refractivity contribution in [1.29, 1.82) is 0 Å². The van der Waals surface area contributed by atoms with E-state index in [-0.39, 0.29) is 0 Å². The second-order valence-electron chi connectivity index (χ2n) is 2.94. The second kappa shape index (κ2) is 3.94. The molecular formula is C8H5BClIN2S. The first-order valence-corrected chi connectivity index (χ1v) is 7.56. The number of aromatic nitrogens is 2. The molecule has 2 rings (SSSR count). The summed E-state index contributed by atoms with van der Waals surface area (Å²) in [6.07, 6.45) is 1.74. The predicted octanol–water partition coefficient (Wildman–Crippen LogP) is 2.64. The molecular weight excluding hydrogens is 329 g/mol. The number of rotatable bonds is 1. The van der Waals surface area contributed by atoms with Crippen molar-refractivity contribution < 1.29 is 0 Å². The zero-order chi connectivity index (χ0) is 10.3. The maximum atomic E-state index is 6.04. The lowest BCUT2D eigenvalue weighted by Gasteiger charge is -2.04. The van der Waals surface area contributed by atoms with E-state index >= 15 is 0 Å². The van der Waals surface area contributed by atoms with Gasteiger partial charge in [-0.1, -0.05) is 17.1 Å². The molecule has 0 unspecified atom stereocenters. The standard InChI is InChI=1S/C8H5BClIN2S/c1-4-2-6-5(7(9)8(4)10)3-12-13(6)14-11/h2-3H,1H3. The molecule has 0 aliphatic carbocycles. The molecule has 2 nitrogen and oxygen atoms in total. The summed E-state index contributed by atoms with van der Waals surface area (Å²) in [6, 6.07) is 1.99. The van der Waals surface area contributed by atoms with Crippen LogP contribution in [0.1, 0.15) is 5.56 Å². The third-order valence-electron chi connectivity index (χ3n) is 2.07. The number of hydrogen-bond donors (Lipinski definition) is 0. The molecule has 2 radical (unpaired) electrons. The first-order chi connectivity index (χ1) is 6.65. The van der Waals surface area contributed by atoms with Crippen molar-refractivity contribution in [3.8, 4) is 0 Å². The third-order valence-corrected chi connectivity index (χ3v) is 4.11. The van der Waals surface area contributed by atoms with E-state index in [2.05, 4.69) is 26.3 Å². The van der Waals surface area contributed by atoms with Gasteiger partial charge in [-0.05, 0) is 18.6 Å². The Morgan fingerprint density at radius 3 is 3.00 bits per heavy atom. The van der Waals surface area contributed by atoms with Gasteiger partial charge in [0.25, 0.3) is 0 Å². The van der Waals surface area contributed by atoms with Gasteiger partial charge in [0, 0.05) is 40.7 Å². The van der Waals surface area contributed by atoms with Gasteiger partial charge in [-0.25, -0.2) is 0 Å². The summed E-state index contributed by atoms with van der Waals surface area (Å²) in [4.78, 5) is 0. The van der Waals surface area contributed by atoms with Crippen LogP contribution in [0.5, 0.6) is 0 Å². The van der Waals surface area contributed by atoms with Crippen molar-refractivity contribution in [3.05, 3.63) is 22.8 Å². The molecule has 2 aromatic rings. The largest absolute Gasteiger partial charge is 0.196 e. The molecule has 0 N–H and O–H groups in total. The number of fused-ring (bicyclic) bond motifs is 1. The van der Waals surface area contributed by atoms with E-state index in [9.17, 15) is 0 Å². The van der Waals surface area contributed by atoms with Crippen LogP contribution in [0.2, 0.25) is 5.02 Å². The highest BCUT2D eigenvalue weighted by molar-refractivity contribution is 14.2. The summed E-state index contributed by atoms with van der Waals surface area (Å²) in [7, 11) is 7.40. The first-order valence-electron chi connectivity index (χ1n) is 3.86. The molecule has 0 amide bonds. The minimum absolute atomic E-state index is 0.610. The predicted molar refractivity (Wildman–Crippen MR) is 71.9 cm³/mol. The van der Waals surface area contributed by atoms with Gasteiger partial charge in [0.2, 0.25) is 0 Å². The van der Waals surface area contributed by atoms with E-state index in [1.807, 2.05) is 17.1 Å². The summed E-state index contributed by atoms with van der Waals surface area (Å²) >= 11 is 8.21. The van der Waals surface area contributed by atoms with E-state index in [0.717, 1.165) is 16.5 Å². The molecule has 1 heterocycles. The third kappa shape index (κ3) is 1.55. The van der Waals surface area contributed by atoms with Crippen LogP contribution < -0.4 is 5.46 Å². The number of aryl methyl sites for hydroxylation is 1. The Morgan fingerprint density at radius 1 is 1.64 bits per heavy atom. The average Bonchev–Trinajstić information content (AvgIpc) is 2.57. The highest BCUT2D eigenvalue weighted by Gasteiger charge is 2.09. The van der Waals surface area contributed by atoms with E-state index in [1.165, 1.54) is 9.12 Å². The Balaban J connectivity index is 2.86. The van der Waals surface area contributed by atoms with Crippen molar-refractivity contribution in [2.75, 3.05) is 0 Å². The van der Waals surface area contributed by atoms with Crippen LogP contribution in [0.3, 0.4) is 0 Å².